The molecule has 0 radical (unpaired) electrons. The van der Waals surface area contributed by atoms with E-state index in [0.717, 1.165) is 22.7 Å². The third-order valence-corrected chi connectivity index (χ3v) is 9.09. The maximum Gasteiger partial charge on any atom is 0.284 e. The highest BCUT2D eigenvalue weighted by Gasteiger charge is 2.23. The van der Waals surface area contributed by atoms with Gasteiger partial charge in [-0.3, -0.25) is 4.79 Å². The lowest BCUT2D eigenvalue weighted by molar-refractivity contribution is 0.0788. The summed E-state index contributed by atoms with van der Waals surface area (Å²) in [7, 11) is 0.438. The number of nitrogens with one attached hydrogen (secondary N) is 2. The van der Waals surface area contributed by atoms with Gasteiger partial charge in [0.25, 0.3) is 5.56 Å². The summed E-state index contributed by atoms with van der Waals surface area (Å²) in [6.07, 6.45) is 1.86. The molecule has 6 rings (SSSR count). The minimum Gasteiger partial charge on any atom is -0.497 e. The molecule has 0 atom stereocenters. The molecule has 0 amide bonds. The van der Waals surface area contributed by atoms with Crippen LogP contribution < -0.4 is 15.6 Å². The summed E-state index contributed by atoms with van der Waals surface area (Å²) in [5, 5.41) is 12.9. The van der Waals surface area contributed by atoms with E-state index in [4.69, 9.17) is 14.6 Å². The monoisotopic (exact) mass is 604 g/mol. The second-order valence-electron chi connectivity index (χ2n) is 11.8. The smallest absolute Gasteiger partial charge is 0.284 e. The zero-order chi connectivity index (χ0) is 30.7. The Morgan fingerprint density at radius 2 is 1.48 bits per heavy atom. The Morgan fingerprint density at radius 3 is 2.14 bits per heavy atom. The summed E-state index contributed by atoms with van der Waals surface area (Å²) in [5.41, 5.74) is 4.86. The molecule has 224 valence electrons. The first-order chi connectivity index (χ1) is 21.3. The topological polar surface area (TPSA) is 98.5 Å². The number of anilines is 2. The zero-order valence-electron chi connectivity index (χ0n) is 25.4. The molecular weight excluding hydrogens is 568 g/mol. The van der Waals surface area contributed by atoms with Gasteiger partial charge in [-0.05, 0) is 29.3 Å². The molecule has 6 aromatic rings. The van der Waals surface area contributed by atoms with Gasteiger partial charge in [-0.15, -0.1) is 0 Å². The Kier molecular flexibility index (Phi) is 8.19. The largest absolute Gasteiger partial charge is 0.497 e. The molecule has 0 aliphatic carbocycles. The molecule has 10 heteroatoms. The molecule has 0 unspecified atom stereocenters. The van der Waals surface area contributed by atoms with E-state index < -0.39 is 8.07 Å². The van der Waals surface area contributed by atoms with Crippen molar-refractivity contribution in [2.24, 2.45) is 0 Å². The fraction of sp³-hybridized carbons (Fsp3) is 0.206. The molecule has 9 nitrogen and oxygen atoms in total. The van der Waals surface area contributed by atoms with Crippen LogP contribution in [0.2, 0.25) is 25.7 Å². The number of hydrogen-bond acceptors (Lipinski definition) is 6. The van der Waals surface area contributed by atoms with Gasteiger partial charge < -0.3 is 19.8 Å². The van der Waals surface area contributed by atoms with Crippen molar-refractivity contribution in [1.82, 2.24) is 24.4 Å². The van der Waals surface area contributed by atoms with Crippen molar-refractivity contribution in [2.45, 2.75) is 32.4 Å². The average Bonchev–Trinajstić information content (AvgIpc) is 3.65. The van der Waals surface area contributed by atoms with Gasteiger partial charge in [0.1, 0.15) is 29.6 Å². The number of benzene rings is 3. The van der Waals surface area contributed by atoms with Gasteiger partial charge in [0.2, 0.25) is 0 Å². The van der Waals surface area contributed by atoms with E-state index in [2.05, 4.69) is 35.0 Å². The van der Waals surface area contributed by atoms with Crippen LogP contribution >= 0.6 is 0 Å². The Labute approximate surface area is 257 Å². The predicted octanol–water partition coefficient (Wildman–Crippen LogP) is 7.28. The Balaban J connectivity index is 1.47. The fourth-order valence-corrected chi connectivity index (χ4v) is 5.79. The van der Waals surface area contributed by atoms with E-state index in [-0.39, 0.29) is 5.56 Å². The summed E-state index contributed by atoms with van der Waals surface area (Å²) in [6.45, 7) is 8.05. The molecule has 2 N–H and O–H groups in total. The third kappa shape index (κ3) is 6.22. The Bertz CT molecular complexity index is 1920. The van der Waals surface area contributed by atoms with Crippen LogP contribution in [0.3, 0.4) is 0 Å². The van der Waals surface area contributed by atoms with Crippen LogP contribution in [0.15, 0.2) is 102 Å². The van der Waals surface area contributed by atoms with Gasteiger partial charge in [0, 0.05) is 32.5 Å². The summed E-state index contributed by atoms with van der Waals surface area (Å²) in [5.74, 6) is 1.79. The molecule has 0 aliphatic heterocycles. The van der Waals surface area contributed by atoms with Gasteiger partial charge >= 0.3 is 0 Å². The maximum absolute atomic E-state index is 14.4. The minimum absolute atomic E-state index is 0.264. The van der Waals surface area contributed by atoms with Crippen LogP contribution in [0.4, 0.5) is 11.6 Å². The molecule has 3 aromatic heterocycles. The first-order valence-corrected chi connectivity index (χ1v) is 18.3. The van der Waals surface area contributed by atoms with Gasteiger partial charge in [-0.2, -0.15) is 14.7 Å². The Hall–Kier alpha value is -4.93. The standard InChI is InChI=1S/C34H36N6O3Si/c1-42-27-17-15-25(16-18-27)30-32(35-28-19-20-39(37-28)23-43-21-22-44(2,3)4)36-33-29(24-11-7-5-8-12-24)31(38-40(33)34(30)41)26-13-9-6-10-14-26/h5-20,36H,21-23H2,1-4H3,(H,35,37). The molecule has 0 spiro atoms. The van der Waals surface area contributed by atoms with Crippen molar-refractivity contribution in [2.75, 3.05) is 19.0 Å². The number of rotatable bonds is 11. The van der Waals surface area contributed by atoms with Gasteiger partial charge in [-0.1, -0.05) is 92.4 Å². The number of H-pyrrole nitrogens is 1. The first-order valence-electron chi connectivity index (χ1n) is 14.6. The second kappa shape index (κ2) is 12.4. The summed E-state index contributed by atoms with van der Waals surface area (Å²) in [4.78, 5) is 17.9. The maximum atomic E-state index is 14.4. The van der Waals surface area contributed by atoms with E-state index in [1.807, 2.05) is 97.2 Å². The first kappa shape index (κ1) is 29.2. The van der Waals surface area contributed by atoms with E-state index >= 15 is 0 Å². The number of hydrogen-bond donors (Lipinski definition) is 2. The number of aromatic amines is 1. The van der Waals surface area contributed by atoms with Gasteiger partial charge in [-0.25, -0.2) is 4.68 Å². The Morgan fingerprint density at radius 1 is 0.818 bits per heavy atom. The summed E-state index contributed by atoms with van der Waals surface area (Å²) in [6, 6.07) is 30.2. The second-order valence-corrected chi connectivity index (χ2v) is 17.5. The molecule has 0 saturated heterocycles. The highest BCUT2D eigenvalue weighted by molar-refractivity contribution is 6.76. The van der Waals surface area contributed by atoms with E-state index in [9.17, 15) is 4.79 Å². The average molecular weight is 605 g/mol. The van der Waals surface area contributed by atoms with Gasteiger partial charge in [0.15, 0.2) is 5.82 Å². The van der Waals surface area contributed by atoms with Crippen LogP contribution in [0.5, 0.6) is 5.75 Å². The lowest BCUT2D eigenvalue weighted by Gasteiger charge is -2.15. The predicted molar refractivity (Wildman–Crippen MR) is 178 cm³/mol. The molecule has 0 saturated carbocycles. The van der Waals surface area contributed by atoms with Crippen molar-refractivity contribution in [3.05, 3.63) is 108 Å². The van der Waals surface area contributed by atoms with Crippen molar-refractivity contribution in [3.63, 3.8) is 0 Å². The number of fused-ring (bicyclic) bond motifs is 1. The molecule has 0 aliphatic rings. The number of methoxy groups -OCH3 is 1. The quantitative estimate of drug-likeness (QED) is 0.119. The molecule has 0 bridgehead atoms. The summed E-state index contributed by atoms with van der Waals surface area (Å²) >= 11 is 0. The van der Waals surface area contributed by atoms with Crippen LogP contribution in [0, 0.1) is 0 Å². The highest BCUT2D eigenvalue weighted by atomic mass is 28.3. The highest BCUT2D eigenvalue weighted by Crippen LogP contribution is 2.36. The molecule has 3 aromatic carbocycles. The number of nitrogens with zero attached hydrogens (tertiary/aromatic N) is 4. The summed E-state index contributed by atoms with van der Waals surface area (Å²) < 4.78 is 14.5. The lowest BCUT2D eigenvalue weighted by atomic mass is 10.0. The van der Waals surface area contributed by atoms with E-state index in [1.165, 1.54) is 4.52 Å². The van der Waals surface area contributed by atoms with Crippen molar-refractivity contribution >= 4 is 25.4 Å². The normalized spacial score (nSPS) is 11.6. The van der Waals surface area contributed by atoms with Gasteiger partial charge in [0.05, 0.1) is 18.2 Å². The lowest BCUT2D eigenvalue weighted by Crippen LogP contribution is -2.22. The van der Waals surface area contributed by atoms with Crippen LogP contribution in [-0.4, -0.2) is 46.2 Å². The van der Waals surface area contributed by atoms with Crippen LogP contribution in [-0.2, 0) is 11.5 Å². The third-order valence-electron chi connectivity index (χ3n) is 7.39. The molecular formula is C34H36N6O3Si. The van der Waals surface area contributed by atoms with Crippen molar-refractivity contribution in [1.29, 1.82) is 0 Å². The van der Waals surface area contributed by atoms with Crippen molar-refractivity contribution < 1.29 is 9.47 Å². The molecule has 0 fully saturated rings. The molecule has 3 heterocycles. The minimum atomic E-state index is -1.18. The van der Waals surface area contributed by atoms with E-state index in [1.54, 1.807) is 11.8 Å². The zero-order valence-corrected chi connectivity index (χ0v) is 26.4. The van der Waals surface area contributed by atoms with Crippen LogP contribution in [0.1, 0.15) is 0 Å². The molecule has 44 heavy (non-hydrogen) atoms. The number of ether oxygens (including phenoxy) is 2. The van der Waals surface area contributed by atoms with E-state index in [0.29, 0.717) is 53.2 Å². The number of aromatic nitrogens is 5. The SMILES string of the molecule is COc1ccc(-c2c(Nc3ccn(COCC[Si](C)(C)C)n3)[nH]c3c(-c4ccccc4)c(-c4ccccc4)nn3c2=O)cc1. The van der Waals surface area contributed by atoms with Crippen molar-refractivity contribution in [3.8, 4) is 39.3 Å². The van der Waals surface area contributed by atoms with Crippen LogP contribution in [0.25, 0.3) is 39.2 Å². The fourth-order valence-electron chi connectivity index (χ4n) is 5.03.